The van der Waals surface area contributed by atoms with Crippen molar-refractivity contribution in [2.24, 2.45) is 5.92 Å². The zero-order chi connectivity index (χ0) is 37.8. The van der Waals surface area contributed by atoms with Gasteiger partial charge in [0, 0.05) is 68.2 Å². The quantitative estimate of drug-likeness (QED) is 0.104. The van der Waals surface area contributed by atoms with Gasteiger partial charge >= 0.3 is 12.1 Å². The van der Waals surface area contributed by atoms with Crippen molar-refractivity contribution in [1.29, 1.82) is 5.26 Å². The summed E-state index contributed by atoms with van der Waals surface area (Å²) in [5.74, 6) is -2.18. The van der Waals surface area contributed by atoms with Gasteiger partial charge in [-0.2, -0.15) is 23.5 Å². The first-order chi connectivity index (χ1) is 25.5. The minimum Gasteiger partial charge on any atom is -0.444 e. The molecule has 2 aliphatic heterocycles. The smallest absolute Gasteiger partial charge is 0.436 e. The van der Waals surface area contributed by atoms with Crippen molar-refractivity contribution in [1.82, 2.24) is 39.1 Å². The Bertz CT molecular complexity index is 1960. The number of carbonyl (C=O) groups excluding carboxylic acids is 2. The average molecular weight is 738 g/mol. The summed E-state index contributed by atoms with van der Waals surface area (Å²) in [5.41, 5.74) is -0.932. The minimum atomic E-state index is -5.01. The van der Waals surface area contributed by atoms with Crippen molar-refractivity contribution < 1.29 is 31.9 Å². The molecule has 1 atom stereocenters. The van der Waals surface area contributed by atoms with Gasteiger partial charge in [0.25, 0.3) is 5.91 Å². The van der Waals surface area contributed by atoms with Crippen LogP contribution in [0.4, 0.5) is 17.6 Å². The molecule has 0 unspecified atom stereocenters. The first-order valence-corrected chi connectivity index (χ1v) is 18.1. The maximum Gasteiger partial charge on any atom is 0.436 e. The second-order valence-corrected chi connectivity index (χ2v) is 14.0. The van der Waals surface area contributed by atoms with Crippen LogP contribution in [0.15, 0.2) is 43.2 Å². The van der Waals surface area contributed by atoms with Crippen LogP contribution in [-0.4, -0.2) is 83.2 Å². The van der Waals surface area contributed by atoms with E-state index in [1.54, 1.807) is 10.8 Å². The van der Waals surface area contributed by atoms with Crippen molar-refractivity contribution in [2.75, 3.05) is 26.2 Å². The van der Waals surface area contributed by atoms with E-state index in [1.807, 2.05) is 23.1 Å². The molecule has 0 radical (unpaired) electrons. The second-order valence-electron chi connectivity index (χ2n) is 14.0. The number of nitriles is 1. The van der Waals surface area contributed by atoms with Gasteiger partial charge in [-0.25, -0.2) is 19.3 Å². The number of alkyl halides is 3. The number of hydrogen-bond donors (Lipinski definition) is 0. The molecule has 282 valence electrons. The van der Waals surface area contributed by atoms with Crippen LogP contribution in [0.3, 0.4) is 0 Å². The highest BCUT2D eigenvalue weighted by molar-refractivity contribution is 5.94. The molecule has 0 aromatic carbocycles. The fourth-order valence-corrected chi connectivity index (χ4v) is 7.49. The van der Waals surface area contributed by atoms with Gasteiger partial charge in [0.1, 0.15) is 17.5 Å². The predicted molar refractivity (Wildman–Crippen MR) is 185 cm³/mol. The van der Waals surface area contributed by atoms with E-state index in [1.165, 1.54) is 11.2 Å². The minimum absolute atomic E-state index is 0.0393. The lowest BCUT2D eigenvalue weighted by atomic mass is 9.83. The number of piperidine rings is 1. The summed E-state index contributed by atoms with van der Waals surface area (Å²) < 4.78 is 63.2. The number of aromatic nitrogens is 6. The highest BCUT2D eigenvalue weighted by Crippen LogP contribution is 2.38. The van der Waals surface area contributed by atoms with E-state index in [0.29, 0.717) is 49.6 Å². The van der Waals surface area contributed by atoms with Gasteiger partial charge in [-0.1, -0.05) is 39.5 Å². The molecule has 2 fully saturated rings. The molecule has 2 aliphatic rings. The SMILES string of the molecule is CCCC[C@@H](CC)CCC(=O)OCn1ccc2c(-c3cnn(C4(CC#N)CN(C5CCN(C(=O)c6ccnc(C(F)(F)F)c6F)CC5)C4)c3)ncnc21. The molecular weight excluding hydrogens is 694 g/mol. The summed E-state index contributed by atoms with van der Waals surface area (Å²) in [6, 6.07) is 5.21. The van der Waals surface area contributed by atoms with Crippen LogP contribution >= 0.6 is 0 Å². The molecule has 6 rings (SSSR count). The van der Waals surface area contributed by atoms with E-state index < -0.39 is 34.7 Å². The number of pyridine rings is 1. The summed E-state index contributed by atoms with van der Waals surface area (Å²) in [5, 5.41) is 15.2. The van der Waals surface area contributed by atoms with Crippen LogP contribution in [-0.2, 0) is 28.0 Å². The Hall–Kier alpha value is -4.91. The zero-order valence-electron chi connectivity index (χ0n) is 29.9. The number of fused-ring (bicyclic) bond motifs is 1. The first-order valence-electron chi connectivity index (χ1n) is 18.1. The molecule has 4 aromatic heterocycles. The summed E-state index contributed by atoms with van der Waals surface area (Å²) in [4.78, 5) is 41.2. The number of esters is 1. The largest absolute Gasteiger partial charge is 0.444 e. The molecule has 6 heterocycles. The molecule has 16 heteroatoms. The van der Waals surface area contributed by atoms with Gasteiger partial charge in [0.15, 0.2) is 18.2 Å². The molecule has 1 amide bonds. The number of rotatable bonds is 14. The lowest BCUT2D eigenvalue weighted by molar-refractivity contribution is -0.147. The molecule has 53 heavy (non-hydrogen) atoms. The van der Waals surface area contributed by atoms with Crippen molar-refractivity contribution in [3.63, 3.8) is 0 Å². The van der Waals surface area contributed by atoms with E-state index in [0.717, 1.165) is 55.3 Å². The van der Waals surface area contributed by atoms with Crippen molar-refractivity contribution in [3.8, 4) is 17.3 Å². The zero-order valence-corrected chi connectivity index (χ0v) is 29.9. The van der Waals surface area contributed by atoms with Crippen molar-refractivity contribution in [2.45, 2.75) is 96.1 Å². The Morgan fingerprint density at radius 3 is 2.58 bits per heavy atom. The Morgan fingerprint density at radius 2 is 1.89 bits per heavy atom. The van der Waals surface area contributed by atoms with Gasteiger partial charge < -0.3 is 9.64 Å². The van der Waals surface area contributed by atoms with E-state index in [9.17, 15) is 32.4 Å². The van der Waals surface area contributed by atoms with Crippen LogP contribution in [0, 0.1) is 23.1 Å². The third-order valence-corrected chi connectivity index (χ3v) is 10.6. The standard InChI is InChI=1S/C37H43F4N9O3/c1-3-5-6-25(4-2)7-8-30(51)53-24-48-18-12-29-32(44-23-45-34(29)48)26-19-46-50(20-26)36(13-14-42)21-49(22-36)27-10-16-47(17-11-27)35(52)28-9-15-43-33(31(28)38)37(39,40)41/h9,12,15,18-20,23,25,27H,3-8,10-11,13,16-17,21-22,24H2,1-2H3/t25-/m1/s1. The molecule has 0 bridgehead atoms. The highest BCUT2D eigenvalue weighted by atomic mass is 19.4. The summed E-state index contributed by atoms with van der Waals surface area (Å²) in [6.07, 6.45) is 9.59. The van der Waals surface area contributed by atoms with Crippen LogP contribution in [0.1, 0.15) is 87.7 Å². The Kier molecular flexibility index (Phi) is 11.4. The van der Waals surface area contributed by atoms with Crippen molar-refractivity contribution in [3.05, 3.63) is 60.3 Å². The Labute approximate surface area is 304 Å². The maximum absolute atomic E-state index is 14.6. The molecule has 0 saturated carbocycles. The van der Waals surface area contributed by atoms with Gasteiger partial charge in [-0.3, -0.25) is 23.7 Å². The fraction of sp³-hybridized carbons (Fsp3) is 0.541. The summed E-state index contributed by atoms with van der Waals surface area (Å²) >= 11 is 0. The third kappa shape index (κ3) is 8.04. The van der Waals surface area contributed by atoms with Crippen LogP contribution in [0.25, 0.3) is 22.3 Å². The highest BCUT2D eigenvalue weighted by Gasteiger charge is 2.48. The molecule has 12 nitrogen and oxygen atoms in total. The Morgan fingerprint density at radius 1 is 1.11 bits per heavy atom. The number of halogens is 4. The first kappa shape index (κ1) is 37.8. The van der Waals surface area contributed by atoms with E-state index >= 15 is 0 Å². The van der Waals surface area contributed by atoms with Gasteiger partial charge in [0.2, 0.25) is 0 Å². The maximum atomic E-state index is 14.6. The normalized spacial score (nSPS) is 17.0. The molecule has 0 N–H and O–H groups in total. The van der Waals surface area contributed by atoms with E-state index in [2.05, 4.69) is 44.9 Å². The number of hydrogen-bond acceptors (Lipinski definition) is 9. The summed E-state index contributed by atoms with van der Waals surface area (Å²) in [7, 11) is 0. The molecular formula is C37H43F4N9O3. The number of carbonyl (C=O) groups is 2. The van der Waals surface area contributed by atoms with Crippen LogP contribution < -0.4 is 0 Å². The fourth-order valence-electron chi connectivity index (χ4n) is 7.49. The van der Waals surface area contributed by atoms with E-state index in [4.69, 9.17) is 4.74 Å². The topological polar surface area (TPSA) is 135 Å². The molecule has 0 spiro atoms. The number of nitrogens with zero attached hydrogens (tertiary/aromatic N) is 9. The Balaban J connectivity index is 1.07. The van der Waals surface area contributed by atoms with Crippen LogP contribution in [0.2, 0.25) is 0 Å². The van der Waals surface area contributed by atoms with E-state index in [-0.39, 0.29) is 38.3 Å². The number of unbranched alkanes of at least 4 members (excludes halogenated alkanes) is 1. The summed E-state index contributed by atoms with van der Waals surface area (Å²) in [6.45, 7) is 5.93. The number of likely N-dealkylation sites (tertiary alicyclic amines) is 2. The average Bonchev–Trinajstić information content (AvgIpc) is 3.80. The van der Waals surface area contributed by atoms with Gasteiger partial charge in [0.05, 0.1) is 29.9 Å². The predicted octanol–water partition coefficient (Wildman–Crippen LogP) is 6.57. The number of ether oxygens (including phenoxy) is 1. The lowest BCUT2D eigenvalue weighted by Crippen LogP contribution is -2.66. The number of amides is 1. The second kappa shape index (κ2) is 16.0. The van der Waals surface area contributed by atoms with Gasteiger partial charge in [-0.15, -0.1) is 0 Å². The third-order valence-electron chi connectivity index (χ3n) is 10.6. The molecule has 0 aliphatic carbocycles. The van der Waals surface area contributed by atoms with Crippen LogP contribution in [0.5, 0.6) is 0 Å². The monoisotopic (exact) mass is 737 g/mol. The lowest BCUT2D eigenvalue weighted by Gasteiger charge is -2.53. The van der Waals surface area contributed by atoms with Crippen molar-refractivity contribution >= 4 is 22.9 Å². The molecule has 4 aromatic rings. The van der Waals surface area contributed by atoms with Gasteiger partial charge in [-0.05, 0) is 37.3 Å². The molecule has 2 saturated heterocycles.